The van der Waals surface area contributed by atoms with Gasteiger partial charge in [-0.25, -0.2) is 9.37 Å². The number of aromatic amines is 1. The number of imidazole rings is 1. The first-order valence-corrected chi connectivity index (χ1v) is 6.90. The molecule has 0 aliphatic carbocycles. The van der Waals surface area contributed by atoms with E-state index >= 15 is 0 Å². The van der Waals surface area contributed by atoms with Gasteiger partial charge in [0.15, 0.2) is 0 Å². The number of ether oxygens (including phenoxy) is 1. The third-order valence-corrected chi connectivity index (χ3v) is 3.70. The number of hydrogen-bond acceptors (Lipinski definition) is 3. The van der Waals surface area contributed by atoms with E-state index in [4.69, 9.17) is 4.74 Å². The van der Waals surface area contributed by atoms with E-state index in [2.05, 4.69) is 9.97 Å². The SMILES string of the molecule is O=C(c1ccc2nc[nH]c2c1)N1CCOc2ccc(F)cc21. The minimum Gasteiger partial charge on any atom is -0.490 e. The van der Waals surface area contributed by atoms with E-state index < -0.39 is 5.82 Å². The molecular formula is C16H12FN3O2. The Balaban J connectivity index is 1.75. The number of hydrogen-bond donors (Lipinski definition) is 1. The van der Waals surface area contributed by atoms with Gasteiger partial charge in [-0.3, -0.25) is 4.79 Å². The van der Waals surface area contributed by atoms with Crippen molar-refractivity contribution in [2.75, 3.05) is 18.1 Å². The zero-order chi connectivity index (χ0) is 15.1. The van der Waals surface area contributed by atoms with Gasteiger partial charge in [-0.2, -0.15) is 0 Å². The van der Waals surface area contributed by atoms with Crippen LogP contribution in [0, 0.1) is 5.82 Å². The van der Waals surface area contributed by atoms with Crippen LogP contribution in [0.25, 0.3) is 11.0 Å². The van der Waals surface area contributed by atoms with Crippen molar-refractivity contribution in [1.82, 2.24) is 9.97 Å². The lowest BCUT2D eigenvalue weighted by molar-refractivity contribution is 0.0976. The molecule has 1 aromatic heterocycles. The van der Waals surface area contributed by atoms with Gasteiger partial charge in [0.05, 0.1) is 29.6 Å². The number of carbonyl (C=O) groups excluding carboxylic acids is 1. The van der Waals surface area contributed by atoms with E-state index in [1.165, 1.54) is 12.1 Å². The summed E-state index contributed by atoms with van der Waals surface area (Å²) in [6.07, 6.45) is 1.58. The Bertz CT molecular complexity index is 875. The highest BCUT2D eigenvalue weighted by atomic mass is 19.1. The number of carbonyl (C=O) groups is 1. The highest BCUT2D eigenvalue weighted by Crippen LogP contribution is 2.33. The summed E-state index contributed by atoms with van der Waals surface area (Å²) in [5.74, 6) is -0.0682. The lowest BCUT2D eigenvalue weighted by Crippen LogP contribution is -2.38. The number of halogens is 1. The Kier molecular flexibility index (Phi) is 2.82. The van der Waals surface area contributed by atoms with Gasteiger partial charge in [-0.15, -0.1) is 0 Å². The number of rotatable bonds is 1. The van der Waals surface area contributed by atoms with Crippen LogP contribution in [0.2, 0.25) is 0 Å². The Labute approximate surface area is 125 Å². The smallest absolute Gasteiger partial charge is 0.258 e. The van der Waals surface area contributed by atoms with Crippen LogP contribution in [0.5, 0.6) is 5.75 Å². The molecule has 22 heavy (non-hydrogen) atoms. The third kappa shape index (κ3) is 2.00. The van der Waals surface area contributed by atoms with Crippen molar-refractivity contribution >= 4 is 22.6 Å². The van der Waals surface area contributed by atoms with Crippen LogP contribution in [-0.2, 0) is 0 Å². The topological polar surface area (TPSA) is 58.2 Å². The van der Waals surface area contributed by atoms with Crippen LogP contribution in [-0.4, -0.2) is 29.0 Å². The number of fused-ring (bicyclic) bond motifs is 2. The van der Waals surface area contributed by atoms with E-state index in [-0.39, 0.29) is 5.91 Å². The summed E-state index contributed by atoms with van der Waals surface area (Å²) in [5, 5.41) is 0. The molecule has 1 amide bonds. The van der Waals surface area contributed by atoms with Crippen LogP contribution < -0.4 is 9.64 Å². The average Bonchev–Trinajstić information content (AvgIpc) is 3.01. The molecule has 0 saturated carbocycles. The normalized spacial score (nSPS) is 13.8. The van der Waals surface area contributed by atoms with Crippen molar-refractivity contribution in [2.45, 2.75) is 0 Å². The van der Waals surface area contributed by atoms with Crippen molar-refractivity contribution in [3.8, 4) is 5.75 Å². The maximum absolute atomic E-state index is 13.5. The summed E-state index contributed by atoms with van der Waals surface area (Å²) in [6, 6.07) is 9.44. The highest BCUT2D eigenvalue weighted by Gasteiger charge is 2.25. The van der Waals surface area contributed by atoms with Gasteiger partial charge < -0.3 is 14.6 Å². The second kappa shape index (κ2) is 4.84. The number of amides is 1. The van der Waals surface area contributed by atoms with Crippen LogP contribution in [0.1, 0.15) is 10.4 Å². The quantitative estimate of drug-likeness (QED) is 0.751. The summed E-state index contributed by atoms with van der Waals surface area (Å²) in [4.78, 5) is 21.4. The molecule has 1 aliphatic rings. The highest BCUT2D eigenvalue weighted by molar-refractivity contribution is 6.08. The zero-order valence-electron chi connectivity index (χ0n) is 11.5. The van der Waals surface area contributed by atoms with E-state index in [1.54, 1.807) is 35.5 Å². The van der Waals surface area contributed by atoms with E-state index in [1.807, 2.05) is 0 Å². The molecule has 0 spiro atoms. The van der Waals surface area contributed by atoms with E-state index in [0.717, 1.165) is 11.0 Å². The van der Waals surface area contributed by atoms with Gasteiger partial charge >= 0.3 is 0 Å². The molecule has 1 aliphatic heterocycles. The zero-order valence-corrected chi connectivity index (χ0v) is 11.5. The van der Waals surface area contributed by atoms with Gasteiger partial charge in [0.25, 0.3) is 5.91 Å². The molecule has 0 bridgehead atoms. The largest absolute Gasteiger partial charge is 0.490 e. The van der Waals surface area contributed by atoms with Crippen LogP contribution in [0.15, 0.2) is 42.7 Å². The number of nitrogens with one attached hydrogen (secondary N) is 1. The first kappa shape index (κ1) is 12.8. The predicted octanol–water partition coefficient (Wildman–Crippen LogP) is 2.74. The number of anilines is 1. The molecule has 3 aromatic rings. The van der Waals surface area contributed by atoms with Crippen molar-refractivity contribution in [1.29, 1.82) is 0 Å². The maximum atomic E-state index is 13.5. The predicted molar refractivity (Wildman–Crippen MR) is 79.7 cm³/mol. The molecule has 1 N–H and O–H groups in total. The minimum atomic E-state index is -0.397. The number of H-pyrrole nitrogens is 1. The second-order valence-corrected chi connectivity index (χ2v) is 5.05. The van der Waals surface area contributed by atoms with Gasteiger partial charge in [-0.05, 0) is 30.3 Å². The fourth-order valence-corrected chi connectivity index (χ4v) is 2.63. The minimum absolute atomic E-state index is 0.188. The first-order valence-electron chi connectivity index (χ1n) is 6.90. The second-order valence-electron chi connectivity index (χ2n) is 5.05. The monoisotopic (exact) mass is 297 g/mol. The first-order chi connectivity index (χ1) is 10.7. The summed E-state index contributed by atoms with van der Waals surface area (Å²) >= 11 is 0. The molecule has 0 unspecified atom stereocenters. The fourth-order valence-electron chi connectivity index (χ4n) is 2.63. The summed E-state index contributed by atoms with van der Waals surface area (Å²) in [7, 11) is 0. The van der Waals surface area contributed by atoms with Gasteiger partial charge in [0, 0.05) is 11.6 Å². The molecule has 0 atom stereocenters. The summed E-state index contributed by atoms with van der Waals surface area (Å²) < 4.78 is 19.0. The molecule has 2 heterocycles. The lowest BCUT2D eigenvalue weighted by Gasteiger charge is -2.29. The van der Waals surface area contributed by atoms with Crippen LogP contribution >= 0.6 is 0 Å². The summed E-state index contributed by atoms with van der Waals surface area (Å²) in [5.41, 5.74) is 2.57. The fraction of sp³-hybridized carbons (Fsp3) is 0.125. The van der Waals surface area contributed by atoms with Crippen molar-refractivity contribution in [3.05, 3.63) is 54.1 Å². The van der Waals surface area contributed by atoms with Gasteiger partial charge in [0.1, 0.15) is 18.2 Å². The molecule has 0 radical (unpaired) electrons. The molecule has 2 aromatic carbocycles. The molecule has 4 rings (SSSR count). The summed E-state index contributed by atoms with van der Waals surface area (Å²) in [6.45, 7) is 0.771. The Morgan fingerprint density at radius 2 is 2.18 bits per heavy atom. The Morgan fingerprint density at radius 3 is 3.09 bits per heavy atom. The molecule has 6 heteroatoms. The van der Waals surface area contributed by atoms with Gasteiger partial charge in [0.2, 0.25) is 0 Å². The Hall–Kier alpha value is -2.89. The molecule has 110 valence electrons. The van der Waals surface area contributed by atoms with Crippen molar-refractivity contribution in [3.63, 3.8) is 0 Å². The number of aromatic nitrogens is 2. The number of benzene rings is 2. The molecule has 5 nitrogen and oxygen atoms in total. The number of nitrogens with zero attached hydrogens (tertiary/aromatic N) is 2. The lowest BCUT2D eigenvalue weighted by atomic mass is 10.1. The van der Waals surface area contributed by atoms with Crippen molar-refractivity contribution < 1.29 is 13.9 Å². The van der Waals surface area contributed by atoms with Crippen LogP contribution in [0.4, 0.5) is 10.1 Å². The molecule has 0 fully saturated rings. The standard InChI is InChI=1S/C16H12FN3O2/c17-11-2-4-15-14(8-11)20(5-6-22-15)16(21)10-1-3-12-13(7-10)19-9-18-12/h1-4,7-9H,5-6H2,(H,18,19). The van der Waals surface area contributed by atoms with Crippen molar-refractivity contribution in [2.24, 2.45) is 0 Å². The average molecular weight is 297 g/mol. The van der Waals surface area contributed by atoms with E-state index in [0.29, 0.717) is 30.2 Å². The third-order valence-electron chi connectivity index (χ3n) is 3.70. The molecule has 0 saturated heterocycles. The van der Waals surface area contributed by atoms with E-state index in [9.17, 15) is 9.18 Å². The van der Waals surface area contributed by atoms with Crippen LogP contribution in [0.3, 0.4) is 0 Å². The maximum Gasteiger partial charge on any atom is 0.258 e. The Morgan fingerprint density at radius 1 is 1.27 bits per heavy atom. The molecular weight excluding hydrogens is 285 g/mol. The van der Waals surface area contributed by atoms with Gasteiger partial charge in [-0.1, -0.05) is 0 Å².